The van der Waals surface area contributed by atoms with Crippen LogP contribution in [-0.4, -0.2) is 58.3 Å². The van der Waals surface area contributed by atoms with Crippen molar-refractivity contribution in [1.82, 2.24) is 24.8 Å². The minimum atomic E-state index is 0.0353. The van der Waals surface area contributed by atoms with Gasteiger partial charge in [0.1, 0.15) is 0 Å². The highest BCUT2D eigenvalue weighted by Crippen LogP contribution is 2.20. The van der Waals surface area contributed by atoms with E-state index >= 15 is 0 Å². The van der Waals surface area contributed by atoms with Gasteiger partial charge in [-0.25, -0.2) is 9.50 Å². The molecule has 0 unspecified atom stereocenters. The molecule has 0 radical (unpaired) electrons. The first-order chi connectivity index (χ1) is 15.7. The minimum Gasteiger partial charge on any atom is -0.387 e. The van der Waals surface area contributed by atoms with E-state index in [0.29, 0.717) is 37.5 Å². The molecule has 7 nitrogen and oxygen atoms in total. The molecular formula is C25H23N5O2. The quantitative estimate of drug-likeness (QED) is 0.639. The third-order valence-corrected chi connectivity index (χ3v) is 5.59. The molecule has 32 heavy (non-hydrogen) atoms. The number of fused-ring (bicyclic) bond motifs is 1. The maximum Gasteiger partial charge on any atom is 0.254 e. The molecule has 7 heteroatoms. The number of amides is 1. The third-order valence-electron chi connectivity index (χ3n) is 5.59. The van der Waals surface area contributed by atoms with E-state index in [1.54, 1.807) is 10.7 Å². The van der Waals surface area contributed by atoms with Gasteiger partial charge in [-0.3, -0.25) is 4.79 Å². The molecule has 5 rings (SSSR count). The summed E-state index contributed by atoms with van der Waals surface area (Å²) in [5.74, 6) is 6.48. The molecule has 0 bridgehead atoms. The normalized spacial score (nSPS) is 16.0. The Morgan fingerprint density at radius 1 is 1.12 bits per heavy atom. The lowest BCUT2D eigenvalue weighted by Crippen LogP contribution is -2.40. The second-order valence-electron chi connectivity index (χ2n) is 7.72. The van der Waals surface area contributed by atoms with Crippen LogP contribution in [0.5, 0.6) is 0 Å². The molecule has 1 aromatic carbocycles. The summed E-state index contributed by atoms with van der Waals surface area (Å²) in [6.45, 7) is 5.26. The van der Waals surface area contributed by atoms with Crippen molar-refractivity contribution >= 4 is 11.6 Å². The van der Waals surface area contributed by atoms with Crippen LogP contribution in [0, 0.1) is 11.8 Å². The van der Waals surface area contributed by atoms with E-state index in [1.165, 1.54) is 0 Å². The number of nitrogens with zero attached hydrogens (tertiary/aromatic N) is 4. The first-order valence-corrected chi connectivity index (χ1v) is 10.6. The van der Waals surface area contributed by atoms with Gasteiger partial charge in [0.2, 0.25) is 0 Å². The van der Waals surface area contributed by atoms with Crippen LogP contribution in [0.4, 0.5) is 0 Å². The predicted octanol–water partition coefficient (Wildman–Crippen LogP) is 2.65. The van der Waals surface area contributed by atoms with Gasteiger partial charge < -0.3 is 15.0 Å². The van der Waals surface area contributed by atoms with E-state index in [9.17, 15) is 4.79 Å². The Bertz CT molecular complexity index is 1290. The summed E-state index contributed by atoms with van der Waals surface area (Å²) in [6.07, 6.45) is 7.67. The molecule has 0 aliphatic carbocycles. The average molecular weight is 425 g/mol. The van der Waals surface area contributed by atoms with E-state index in [1.807, 2.05) is 54.6 Å². The van der Waals surface area contributed by atoms with E-state index in [4.69, 9.17) is 9.72 Å². The summed E-state index contributed by atoms with van der Waals surface area (Å²) in [6, 6.07) is 9.49. The number of aromatic nitrogens is 3. The minimum absolute atomic E-state index is 0.0353. The van der Waals surface area contributed by atoms with Gasteiger partial charge in [-0.2, -0.15) is 5.10 Å². The SMILES string of the molecule is CC1=CNCC=C1C#Cc1cnn2ccc(-c3ccc(C(=O)N4CCOCC4)cc3)nc12. The van der Waals surface area contributed by atoms with Crippen LogP contribution >= 0.6 is 0 Å². The number of rotatable bonds is 2. The Morgan fingerprint density at radius 3 is 2.72 bits per heavy atom. The van der Waals surface area contributed by atoms with Gasteiger partial charge in [0.25, 0.3) is 5.91 Å². The van der Waals surface area contributed by atoms with Gasteiger partial charge in [0, 0.05) is 48.7 Å². The molecule has 0 saturated carbocycles. The van der Waals surface area contributed by atoms with Crippen LogP contribution in [-0.2, 0) is 4.74 Å². The highest BCUT2D eigenvalue weighted by atomic mass is 16.5. The number of dihydropyridines is 1. The van der Waals surface area contributed by atoms with Crippen molar-refractivity contribution in [2.75, 3.05) is 32.8 Å². The average Bonchev–Trinajstić information content (AvgIpc) is 3.26. The maximum absolute atomic E-state index is 12.7. The molecule has 1 saturated heterocycles. The van der Waals surface area contributed by atoms with Gasteiger partial charge >= 0.3 is 0 Å². The van der Waals surface area contributed by atoms with Crippen LogP contribution in [0.1, 0.15) is 22.8 Å². The molecule has 4 heterocycles. The zero-order valence-corrected chi connectivity index (χ0v) is 17.8. The summed E-state index contributed by atoms with van der Waals surface area (Å²) >= 11 is 0. The molecule has 1 fully saturated rings. The Labute approximate surface area is 186 Å². The van der Waals surface area contributed by atoms with Gasteiger partial charge in [0.15, 0.2) is 5.65 Å². The first kappa shape index (κ1) is 20.0. The van der Waals surface area contributed by atoms with Crippen molar-refractivity contribution in [1.29, 1.82) is 0 Å². The smallest absolute Gasteiger partial charge is 0.254 e. The summed E-state index contributed by atoms with van der Waals surface area (Å²) in [5, 5.41) is 7.55. The van der Waals surface area contributed by atoms with E-state index in [2.05, 4.69) is 28.3 Å². The molecule has 160 valence electrons. The topological polar surface area (TPSA) is 71.8 Å². The van der Waals surface area contributed by atoms with Gasteiger partial charge in [-0.15, -0.1) is 0 Å². The molecule has 1 amide bonds. The van der Waals surface area contributed by atoms with E-state index in [0.717, 1.165) is 34.5 Å². The van der Waals surface area contributed by atoms with Gasteiger partial charge in [-0.05, 0) is 36.8 Å². The number of morpholine rings is 1. The van der Waals surface area contributed by atoms with Crippen LogP contribution < -0.4 is 5.32 Å². The zero-order chi connectivity index (χ0) is 21.9. The second-order valence-corrected chi connectivity index (χ2v) is 7.72. The maximum atomic E-state index is 12.7. The van der Waals surface area contributed by atoms with Crippen LogP contribution in [0.25, 0.3) is 16.9 Å². The van der Waals surface area contributed by atoms with Crippen molar-refractivity contribution in [3.05, 3.63) is 77.3 Å². The summed E-state index contributed by atoms with van der Waals surface area (Å²) < 4.78 is 7.06. The summed E-state index contributed by atoms with van der Waals surface area (Å²) in [4.78, 5) is 19.3. The van der Waals surface area contributed by atoms with Crippen molar-refractivity contribution in [3.8, 4) is 23.1 Å². The number of hydrogen-bond donors (Lipinski definition) is 1. The summed E-state index contributed by atoms with van der Waals surface area (Å²) in [7, 11) is 0. The van der Waals surface area contributed by atoms with E-state index < -0.39 is 0 Å². The van der Waals surface area contributed by atoms with Gasteiger partial charge in [-0.1, -0.05) is 24.0 Å². The predicted molar refractivity (Wildman–Crippen MR) is 122 cm³/mol. The Kier molecular flexibility index (Phi) is 5.44. The van der Waals surface area contributed by atoms with Crippen molar-refractivity contribution < 1.29 is 9.53 Å². The van der Waals surface area contributed by atoms with Crippen LogP contribution in [0.3, 0.4) is 0 Å². The number of hydrogen-bond acceptors (Lipinski definition) is 5. The molecule has 0 spiro atoms. The number of nitrogens with one attached hydrogen (secondary N) is 1. The van der Waals surface area contributed by atoms with E-state index in [-0.39, 0.29) is 5.91 Å². The lowest BCUT2D eigenvalue weighted by molar-refractivity contribution is 0.0303. The molecule has 2 aliphatic heterocycles. The molecule has 0 atom stereocenters. The van der Waals surface area contributed by atoms with Crippen molar-refractivity contribution in [2.45, 2.75) is 6.92 Å². The Balaban J connectivity index is 1.40. The molecule has 3 aromatic rings. The number of benzene rings is 1. The highest BCUT2D eigenvalue weighted by molar-refractivity contribution is 5.94. The standard InChI is InChI=1S/C25H23N5O2/c1-18-16-26-10-8-19(18)2-7-22-17-27-30-11-9-23(28-24(22)30)20-3-5-21(6-4-20)25(31)29-12-14-32-15-13-29/h3-6,8-9,11,16-17,26H,10,12-15H2,1H3. The van der Waals surface area contributed by atoms with Crippen molar-refractivity contribution in [3.63, 3.8) is 0 Å². The lowest BCUT2D eigenvalue weighted by atomic mass is 10.1. The third kappa shape index (κ3) is 4.01. The molecular weight excluding hydrogens is 402 g/mol. The monoisotopic (exact) mass is 425 g/mol. The first-order valence-electron chi connectivity index (χ1n) is 10.6. The highest BCUT2D eigenvalue weighted by Gasteiger charge is 2.18. The lowest BCUT2D eigenvalue weighted by Gasteiger charge is -2.26. The number of carbonyl (C=O) groups is 1. The largest absolute Gasteiger partial charge is 0.387 e. The fourth-order valence-corrected chi connectivity index (χ4v) is 3.75. The van der Waals surface area contributed by atoms with Crippen LogP contribution in [0.2, 0.25) is 0 Å². The van der Waals surface area contributed by atoms with Crippen molar-refractivity contribution in [2.24, 2.45) is 0 Å². The Morgan fingerprint density at radius 2 is 1.94 bits per heavy atom. The summed E-state index contributed by atoms with van der Waals surface area (Å²) in [5.41, 5.74) is 6.03. The zero-order valence-electron chi connectivity index (χ0n) is 17.8. The Hall–Kier alpha value is -3.89. The molecule has 1 N–H and O–H groups in total. The molecule has 2 aliphatic rings. The van der Waals surface area contributed by atoms with Gasteiger partial charge in [0.05, 0.1) is 30.7 Å². The van der Waals surface area contributed by atoms with Crippen LogP contribution in [0.15, 0.2) is 66.1 Å². The number of carbonyl (C=O) groups excluding carboxylic acids is 1. The number of allylic oxidation sites excluding steroid dienone is 2. The second kappa shape index (κ2) is 8.69. The fourth-order valence-electron chi connectivity index (χ4n) is 3.75. The fraction of sp³-hybridized carbons (Fsp3) is 0.240. The molecule has 2 aromatic heterocycles. The number of ether oxygens (including phenoxy) is 1.